The van der Waals surface area contributed by atoms with Crippen LogP contribution in [0.2, 0.25) is 0 Å². The van der Waals surface area contributed by atoms with Gasteiger partial charge in [-0.25, -0.2) is 4.79 Å². The molecule has 0 aliphatic carbocycles. The molecule has 0 spiro atoms. The second-order valence-electron chi connectivity index (χ2n) is 4.67. The van der Waals surface area contributed by atoms with Crippen molar-refractivity contribution in [3.63, 3.8) is 0 Å². The molecule has 9 nitrogen and oxygen atoms in total. The maximum absolute atomic E-state index is 12.2. The van der Waals surface area contributed by atoms with Crippen LogP contribution in [0.25, 0.3) is 5.73 Å². The fraction of sp³-hybridized carbons (Fsp3) is 0.273. The van der Waals surface area contributed by atoms with Crippen molar-refractivity contribution in [3.8, 4) is 0 Å². The topological polar surface area (TPSA) is 128 Å². The monoisotopic (exact) mass is 335 g/mol. The first-order valence-corrected chi connectivity index (χ1v) is 7.27. The van der Waals surface area contributed by atoms with Gasteiger partial charge in [0.2, 0.25) is 0 Å². The second-order valence-corrected chi connectivity index (χ2v) is 5.68. The number of rotatable bonds is 3. The van der Waals surface area contributed by atoms with Gasteiger partial charge in [0.25, 0.3) is 0 Å². The summed E-state index contributed by atoms with van der Waals surface area (Å²) in [4.78, 5) is 24.7. The molecule has 0 unspecified atom stereocenters. The molecule has 2 N–H and O–H groups in total. The molecule has 112 valence electrons. The number of hydrogen-bond acceptors (Lipinski definition) is 5. The number of amides is 3. The van der Waals surface area contributed by atoms with E-state index in [1.807, 2.05) is 0 Å². The Labute approximate surface area is 148 Å². The van der Waals surface area contributed by atoms with Crippen molar-refractivity contribution in [1.82, 2.24) is 9.96 Å². The number of hydroxylamine groups is 2. The molecule has 1 fully saturated rings. The Morgan fingerprint density at radius 1 is 1.32 bits per heavy atom. The molecule has 22 heavy (non-hydrogen) atoms. The first-order valence-electron chi connectivity index (χ1n) is 5.90. The number of carbonyl (C=O) groups is 2. The van der Waals surface area contributed by atoms with Crippen LogP contribution in [0.1, 0.15) is 23.2 Å². The average molecular weight is 335 g/mol. The Bertz CT molecular complexity index is 739. The van der Waals surface area contributed by atoms with Crippen LogP contribution in [0, 0.1) is 0 Å². The van der Waals surface area contributed by atoms with E-state index in [1.54, 1.807) is 24.3 Å². The molecule has 0 radical (unpaired) electrons. The molecule has 11 heteroatoms. The van der Waals surface area contributed by atoms with Crippen LogP contribution < -0.4 is 29.6 Å². The van der Waals surface area contributed by atoms with Gasteiger partial charge in [0.05, 0.1) is 12.5 Å². The number of nitrogens with zero attached hydrogens (tertiary/aromatic N) is 2. The van der Waals surface area contributed by atoms with E-state index in [2.05, 4.69) is 4.28 Å². The Kier molecular flexibility index (Phi) is 4.53. The van der Waals surface area contributed by atoms with Gasteiger partial charge >= 0.3 is 46.0 Å². The van der Waals surface area contributed by atoms with Crippen molar-refractivity contribution in [3.05, 3.63) is 41.1 Å². The van der Waals surface area contributed by atoms with Crippen LogP contribution in [0.15, 0.2) is 24.3 Å². The standard InChI is InChI=1S/C11H11N3O6S.Na/c12-10(15)9-7-4-2-1-3-6(7)8-5-13(9)11(16)14(8)20-21(17,18)19;/h1-4,8-9H,5H2,(H3,12,15,17,18,19);/q;+1/p-1/t8-,9+;/m0./s1. The third-order valence-electron chi connectivity index (χ3n) is 3.47. The van der Waals surface area contributed by atoms with Gasteiger partial charge in [-0.3, -0.25) is 4.55 Å². The Balaban J connectivity index is 0.00000176. The summed E-state index contributed by atoms with van der Waals surface area (Å²) in [6.45, 7) is 0.000648. The predicted octanol–water partition coefficient (Wildman–Crippen LogP) is -2.16. The van der Waals surface area contributed by atoms with Crippen molar-refractivity contribution in [2.45, 2.75) is 12.1 Å². The third kappa shape index (κ3) is 2.73. The minimum atomic E-state index is -4.87. The predicted molar refractivity (Wildman–Crippen MR) is 67.8 cm³/mol. The molecule has 1 saturated heterocycles. The van der Waals surface area contributed by atoms with Crippen LogP contribution in [0.4, 0.5) is 4.79 Å². The molecule has 2 aliphatic heterocycles. The van der Waals surface area contributed by atoms with E-state index < -0.39 is 34.4 Å². The maximum Gasteiger partial charge on any atom is 1.00 e. The smallest absolute Gasteiger partial charge is 0.666 e. The summed E-state index contributed by atoms with van der Waals surface area (Å²) in [6, 6.07) is 3.75. The SMILES string of the molecule is [NH-]C(=O)[C@H]1c2ccccc2[C@@H]2CN1C(=O)N2OS(=O)(=O)O.[Na+]. The molecule has 1 aromatic rings. The van der Waals surface area contributed by atoms with Gasteiger partial charge in [-0.15, -0.1) is 4.28 Å². The summed E-state index contributed by atoms with van der Waals surface area (Å²) in [7, 11) is -4.87. The minimum Gasteiger partial charge on any atom is -0.666 e. The summed E-state index contributed by atoms with van der Waals surface area (Å²) in [6.07, 6.45) is 0. The fourth-order valence-corrected chi connectivity index (χ4v) is 3.11. The second kappa shape index (κ2) is 5.80. The van der Waals surface area contributed by atoms with Crippen LogP contribution in [-0.4, -0.2) is 41.4 Å². The van der Waals surface area contributed by atoms with E-state index in [9.17, 15) is 18.0 Å². The average Bonchev–Trinajstić information content (AvgIpc) is 2.64. The van der Waals surface area contributed by atoms with E-state index in [0.29, 0.717) is 16.2 Å². The Morgan fingerprint density at radius 3 is 2.45 bits per heavy atom. The molecular weight excluding hydrogens is 325 g/mol. The van der Waals surface area contributed by atoms with E-state index in [-0.39, 0.29) is 36.1 Å². The molecule has 1 aromatic carbocycles. The maximum atomic E-state index is 12.2. The normalized spacial score (nSPS) is 23.0. The zero-order valence-corrected chi connectivity index (χ0v) is 14.3. The van der Waals surface area contributed by atoms with Crippen molar-refractivity contribution in [2.24, 2.45) is 0 Å². The van der Waals surface area contributed by atoms with E-state index in [0.717, 1.165) is 4.90 Å². The van der Waals surface area contributed by atoms with Crippen LogP contribution in [0.5, 0.6) is 0 Å². The number of nitrogens with one attached hydrogen (secondary N) is 1. The quantitative estimate of drug-likeness (QED) is 0.495. The van der Waals surface area contributed by atoms with Gasteiger partial charge in [0, 0.05) is 0 Å². The van der Waals surface area contributed by atoms with Gasteiger partial charge in [-0.1, -0.05) is 24.3 Å². The summed E-state index contributed by atoms with van der Waals surface area (Å²) in [5, 5.41) is 0.511. The number of urea groups is 1. The van der Waals surface area contributed by atoms with Gasteiger partial charge in [-0.2, -0.15) is 13.5 Å². The summed E-state index contributed by atoms with van der Waals surface area (Å²) < 4.78 is 34.8. The molecule has 2 aliphatic rings. The first kappa shape index (κ1) is 17.2. The van der Waals surface area contributed by atoms with Crippen LogP contribution in [-0.2, 0) is 19.5 Å². The van der Waals surface area contributed by atoms with Crippen molar-refractivity contribution in [1.29, 1.82) is 0 Å². The zero-order chi connectivity index (χ0) is 15.4. The van der Waals surface area contributed by atoms with E-state index >= 15 is 0 Å². The Hall–Kier alpha value is -1.17. The number of fused-ring (bicyclic) bond motifs is 4. The van der Waals surface area contributed by atoms with Crippen LogP contribution in [0.3, 0.4) is 0 Å². The molecule has 3 amide bonds. The fourth-order valence-electron chi connectivity index (χ4n) is 2.74. The minimum absolute atomic E-state index is 0. The molecule has 2 heterocycles. The van der Waals surface area contributed by atoms with E-state index in [1.165, 1.54) is 0 Å². The molecule has 2 atom stereocenters. The third-order valence-corrected chi connectivity index (χ3v) is 3.82. The van der Waals surface area contributed by atoms with Crippen molar-refractivity contribution < 1.29 is 56.4 Å². The van der Waals surface area contributed by atoms with Crippen molar-refractivity contribution in [2.75, 3.05) is 6.54 Å². The first-order chi connectivity index (χ1) is 9.79. The van der Waals surface area contributed by atoms with Gasteiger partial charge < -0.3 is 15.4 Å². The van der Waals surface area contributed by atoms with Gasteiger partial charge in [0.15, 0.2) is 0 Å². The Morgan fingerprint density at radius 2 is 1.91 bits per heavy atom. The van der Waals surface area contributed by atoms with E-state index in [4.69, 9.17) is 10.3 Å². The van der Waals surface area contributed by atoms with Crippen LogP contribution >= 0.6 is 0 Å². The molecule has 0 saturated carbocycles. The largest absolute Gasteiger partial charge is 1.00 e. The van der Waals surface area contributed by atoms with Gasteiger partial charge in [-0.05, 0) is 11.1 Å². The summed E-state index contributed by atoms with van der Waals surface area (Å²) in [5.41, 5.74) is 8.29. The summed E-state index contributed by atoms with van der Waals surface area (Å²) >= 11 is 0. The van der Waals surface area contributed by atoms with Crippen molar-refractivity contribution >= 4 is 22.3 Å². The number of hydrogen-bond donors (Lipinski definition) is 1. The van der Waals surface area contributed by atoms with Gasteiger partial charge in [0.1, 0.15) is 12.1 Å². The number of benzene rings is 1. The summed E-state index contributed by atoms with van der Waals surface area (Å²) in [5.74, 6) is -0.983. The molecule has 2 bridgehead atoms. The molecule has 3 rings (SSSR count). The zero-order valence-electron chi connectivity index (χ0n) is 11.5. The number of carbonyl (C=O) groups excluding carboxylic acids is 2. The molecular formula is C11H10N3NaO6S. The molecule has 0 aromatic heterocycles.